The predicted octanol–water partition coefficient (Wildman–Crippen LogP) is 4.32. The standard InChI is InChI=1S/C26H28F3N3O6S2/c1-25(2,3)38-24(34)30-19(13-16-7-5-4-6-8-16)22(33)31-23-32(20-14-40(35,36)15-21(20)39-23)17-9-11-18(12-10-17)37-26(27,28)29/h4-12,19-21H,13-15H2,1-3H3,(H,30,34)/t19-,20-,21-/m1/s1. The van der Waals surface area contributed by atoms with Crippen molar-refractivity contribution in [2.24, 2.45) is 4.99 Å². The van der Waals surface area contributed by atoms with Gasteiger partial charge in [-0.25, -0.2) is 13.2 Å². The fourth-order valence-corrected chi connectivity index (χ4v) is 8.27. The lowest BCUT2D eigenvalue weighted by Crippen LogP contribution is -2.45. The van der Waals surface area contributed by atoms with Crippen molar-refractivity contribution in [3.63, 3.8) is 0 Å². The van der Waals surface area contributed by atoms with E-state index < -0.39 is 56.9 Å². The second-order valence-corrected chi connectivity index (χ2v) is 13.7. The summed E-state index contributed by atoms with van der Waals surface area (Å²) in [6.45, 7) is 5.06. The largest absolute Gasteiger partial charge is 0.573 e. The first-order valence-electron chi connectivity index (χ1n) is 12.3. The van der Waals surface area contributed by atoms with Crippen molar-refractivity contribution < 1.29 is 40.7 Å². The number of hydrogen-bond donors (Lipinski definition) is 1. The van der Waals surface area contributed by atoms with Crippen LogP contribution < -0.4 is 15.0 Å². The van der Waals surface area contributed by atoms with Gasteiger partial charge in [-0.2, -0.15) is 4.99 Å². The Morgan fingerprint density at radius 3 is 2.33 bits per heavy atom. The van der Waals surface area contributed by atoms with E-state index in [-0.39, 0.29) is 23.1 Å². The lowest BCUT2D eigenvalue weighted by molar-refractivity contribution is -0.274. The zero-order chi connectivity index (χ0) is 29.3. The number of sulfone groups is 1. The molecule has 9 nitrogen and oxygen atoms in total. The van der Waals surface area contributed by atoms with E-state index in [1.54, 1.807) is 49.9 Å². The molecule has 14 heteroatoms. The van der Waals surface area contributed by atoms with Gasteiger partial charge in [0.15, 0.2) is 15.0 Å². The van der Waals surface area contributed by atoms with E-state index in [1.165, 1.54) is 12.1 Å². The maximum atomic E-state index is 13.5. The molecule has 0 aliphatic carbocycles. The molecule has 4 rings (SSSR count). The number of amidine groups is 1. The van der Waals surface area contributed by atoms with Crippen LogP contribution in [0.2, 0.25) is 0 Å². The summed E-state index contributed by atoms with van der Waals surface area (Å²) >= 11 is 1.10. The van der Waals surface area contributed by atoms with E-state index in [4.69, 9.17) is 4.74 Å². The highest BCUT2D eigenvalue weighted by atomic mass is 32.2. The van der Waals surface area contributed by atoms with Crippen molar-refractivity contribution in [2.75, 3.05) is 16.4 Å². The first-order valence-corrected chi connectivity index (χ1v) is 15.0. The maximum Gasteiger partial charge on any atom is 0.573 e. The first kappa shape index (κ1) is 29.7. The molecule has 0 saturated carbocycles. The van der Waals surface area contributed by atoms with Crippen LogP contribution in [-0.4, -0.2) is 66.4 Å². The summed E-state index contributed by atoms with van der Waals surface area (Å²) in [7, 11) is -3.37. The molecule has 0 radical (unpaired) electrons. The first-order chi connectivity index (χ1) is 18.6. The Hall–Kier alpha value is -3.26. The number of fused-ring (bicyclic) bond motifs is 1. The molecular weight excluding hydrogens is 571 g/mol. The molecule has 0 unspecified atom stereocenters. The van der Waals surface area contributed by atoms with E-state index in [2.05, 4.69) is 15.0 Å². The number of alkyl halides is 3. The van der Waals surface area contributed by atoms with Crippen LogP contribution in [0.25, 0.3) is 0 Å². The van der Waals surface area contributed by atoms with Gasteiger partial charge in [0.05, 0.1) is 17.5 Å². The minimum atomic E-state index is -4.87. The number of rotatable bonds is 6. The fraction of sp³-hybridized carbons (Fsp3) is 0.423. The number of ether oxygens (including phenoxy) is 2. The van der Waals surface area contributed by atoms with Crippen LogP contribution >= 0.6 is 11.8 Å². The molecule has 2 amide bonds. The van der Waals surface area contributed by atoms with Gasteiger partial charge in [-0.15, -0.1) is 13.2 Å². The number of amides is 2. The predicted molar refractivity (Wildman–Crippen MR) is 145 cm³/mol. The summed E-state index contributed by atoms with van der Waals surface area (Å²) in [6.07, 6.45) is -5.56. The Bertz CT molecular complexity index is 1380. The molecule has 2 aromatic carbocycles. The number of carbonyl (C=O) groups is 2. The highest BCUT2D eigenvalue weighted by Crippen LogP contribution is 2.41. The zero-order valence-electron chi connectivity index (χ0n) is 21.8. The summed E-state index contributed by atoms with van der Waals surface area (Å²) < 4.78 is 71.8. The molecule has 216 valence electrons. The number of anilines is 1. The van der Waals surface area contributed by atoms with E-state index >= 15 is 0 Å². The molecule has 2 aliphatic heterocycles. The van der Waals surface area contributed by atoms with Crippen molar-refractivity contribution in [2.45, 2.75) is 56.5 Å². The lowest BCUT2D eigenvalue weighted by Gasteiger charge is -2.25. The van der Waals surface area contributed by atoms with Crippen molar-refractivity contribution in [3.8, 4) is 5.75 Å². The molecule has 2 aliphatic rings. The Morgan fingerprint density at radius 1 is 1.07 bits per heavy atom. The maximum absolute atomic E-state index is 13.5. The van der Waals surface area contributed by atoms with Crippen LogP contribution in [0.1, 0.15) is 26.3 Å². The van der Waals surface area contributed by atoms with Gasteiger partial charge in [-0.3, -0.25) is 4.79 Å². The lowest BCUT2D eigenvalue weighted by atomic mass is 10.1. The number of thioether (sulfide) groups is 1. The number of benzene rings is 2. The Labute approximate surface area is 234 Å². The Morgan fingerprint density at radius 2 is 1.73 bits per heavy atom. The van der Waals surface area contributed by atoms with Crippen LogP contribution in [0.3, 0.4) is 0 Å². The van der Waals surface area contributed by atoms with Gasteiger partial charge < -0.3 is 19.7 Å². The molecule has 0 spiro atoms. The second-order valence-electron chi connectivity index (χ2n) is 10.3. The molecule has 2 saturated heterocycles. The summed E-state index contributed by atoms with van der Waals surface area (Å²) in [5.41, 5.74) is 0.299. The summed E-state index contributed by atoms with van der Waals surface area (Å²) in [4.78, 5) is 31.8. The number of alkyl carbamates (subject to hydrolysis) is 1. The molecule has 1 N–H and O–H groups in total. The number of hydrogen-bond acceptors (Lipinski definition) is 7. The highest BCUT2D eigenvalue weighted by Gasteiger charge is 2.49. The molecule has 0 bridgehead atoms. The second kappa shape index (κ2) is 11.3. The normalized spacial score (nSPS) is 22.1. The molecule has 2 heterocycles. The number of aliphatic imine (C=N–C) groups is 1. The van der Waals surface area contributed by atoms with Gasteiger partial charge in [0.1, 0.15) is 17.4 Å². The molecule has 3 atom stereocenters. The van der Waals surface area contributed by atoms with Gasteiger partial charge >= 0.3 is 12.5 Å². The number of nitrogens with zero attached hydrogens (tertiary/aromatic N) is 2. The molecule has 2 fully saturated rings. The molecular formula is C26H28F3N3O6S2. The van der Waals surface area contributed by atoms with Crippen molar-refractivity contribution >= 4 is 44.5 Å². The monoisotopic (exact) mass is 599 g/mol. The smallest absolute Gasteiger partial charge is 0.444 e. The van der Waals surface area contributed by atoms with Crippen LogP contribution in [0.15, 0.2) is 59.6 Å². The van der Waals surface area contributed by atoms with Crippen molar-refractivity contribution in [3.05, 3.63) is 60.2 Å². The average Bonchev–Trinajstić information content (AvgIpc) is 3.28. The van der Waals surface area contributed by atoms with Crippen LogP contribution in [0.5, 0.6) is 5.75 Å². The number of nitrogens with one attached hydrogen (secondary N) is 1. The average molecular weight is 600 g/mol. The minimum absolute atomic E-state index is 0.116. The van der Waals surface area contributed by atoms with E-state index in [1.807, 2.05) is 6.07 Å². The minimum Gasteiger partial charge on any atom is -0.444 e. The van der Waals surface area contributed by atoms with Gasteiger partial charge in [0.2, 0.25) is 0 Å². The van der Waals surface area contributed by atoms with E-state index in [0.29, 0.717) is 5.69 Å². The quantitative estimate of drug-likeness (QED) is 0.522. The van der Waals surface area contributed by atoms with Gasteiger partial charge in [0.25, 0.3) is 5.91 Å². The number of halogens is 3. The molecule has 2 aromatic rings. The van der Waals surface area contributed by atoms with Crippen LogP contribution in [-0.2, 0) is 25.8 Å². The third-order valence-electron chi connectivity index (χ3n) is 5.89. The fourth-order valence-electron chi connectivity index (χ4n) is 4.35. The van der Waals surface area contributed by atoms with E-state index in [9.17, 15) is 31.2 Å². The summed E-state index contributed by atoms with van der Waals surface area (Å²) in [5, 5.41) is 2.33. The van der Waals surface area contributed by atoms with Crippen molar-refractivity contribution in [1.82, 2.24) is 5.32 Å². The van der Waals surface area contributed by atoms with Gasteiger partial charge in [-0.05, 0) is 50.6 Å². The Kier molecular flexibility index (Phi) is 8.41. The molecule has 0 aromatic heterocycles. The van der Waals surface area contributed by atoms with Crippen LogP contribution in [0.4, 0.5) is 23.7 Å². The zero-order valence-corrected chi connectivity index (χ0v) is 23.5. The summed E-state index contributed by atoms with van der Waals surface area (Å²) in [5.74, 6) is -1.48. The third-order valence-corrected chi connectivity index (χ3v) is 9.10. The summed E-state index contributed by atoms with van der Waals surface area (Å²) in [6, 6.07) is 12.2. The van der Waals surface area contributed by atoms with Crippen molar-refractivity contribution in [1.29, 1.82) is 0 Å². The molecule has 40 heavy (non-hydrogen) atoms. The SMILES string of the molecule is CC(C)(C)OC(=O)N[C@H](Cc1ccccc1)C(=O)N=C1S[C@@H]2CS(=O)(=O)C[C@H]2N1c1ccc(OC(F)(F)F)cc1. The Balaban J connectivity index is 1.64. The number of carbonyl (C=O) groups excluding carboxylic acids is 2. The van der Waals surface area contributed by atoms with Gasteiger partial charge in [0, 0.05) is 17.4 Å². The van der Waals surface area contributed by atoms with Crippen LogP contribution in [0, 0.1) is 0 Å². The highest BCUT2D eigenvalue weighted by molar-refractivity contribution is 8.16. The van der Waals surface area contributed by atoms with E-state index in [0.717, 1.165) is 29.5 Å². The van der Waals surface area contributed by atoms with Gasteiger partial charge in [-0.1, -0.05) is 42.1 Å². The third kappa shape index (κ3) is 7.90. The topological polar surface area (TPSA) is 114 Å².